The lowest BCUT2D eigenvalue weighted by atomic mass is 9.87. The Labute approximate surface area is 218 Å². The maximum atomic E-state index is 13.3. The molecule has 0 bridgehead atoms. The van der Waals surface area contributed by atoms with Gasteiger partial charge in [0.25, 0.3) is 0 Å². The lowest BCUT2D eigenvalue weighted by Crippen LogP contribution is -2.49. The van der Waals surface area contributed by atoms with Crippen molar-refractivity contribution in [3.63, 3.8) is 0 Å². The predicted molar refractivity (Wildman–Crippen MR) is 128 cm³/mol. The molecule has 8 atom stereocenters. The van der Waals surface area contributed by atoms with Crippen LogP contribution in [0.4, 0.5) is 0 Å². The van der Waals surface area contributed by atoms with Crippen molar-refractivity contribution in [1.29, 1.82) is 0 Å². The summed E-state index contributed by atoms with van der Waals surface area (Å²) in [7, 11) is 0. The van der Waals surface area contributed by atoms with Gasteiger partial charge in [0.2, 0.25) is 0 Å². The number of fused-ring (bicyclic) bond motifs is 1. The minimum absolute atomic E-state index is 0.0991. The van der Waals surface area contributed by atoms with Gasteiger partial charge in [-0.1, -0.05) is 0 Å². The lowest BCUT2D eigenvalue weighted by Gasteiger charge is -2.38. The van der Waals surface area contributed by atoms with Crippen LogP contribution in [-0.2, 0) is 9.47 Å². The van der Waals surface area contributed by atoms with E-state index >= 15 is 0 Å². The van der Waals surface area contributed by atoms with Gasteiger partial charge in [-0.05, 0) is 18.2 Å². The Bertz CT molecular complexity index is 1470. The summed E-state index contributed by atoms with van der Waals surface area (Å²) in [4.78, 5) is 13.3. The zero-order chi connectivity index (χ0) is 28.3. The quantitative estimate of drug-likeness (QED) is 0.168. The third-order valence-electron chi connectivity index (χ3n) is 7.03. The number of hydrogen-bond donors (Lipinski definition) is 10. The molecule has 39 heavy (non-hydrogen) atoms. The Morgan fingerprint density at radius 2 is 1.23 bits per heavy atom. The molecule has 210 valence electrons. The predicted octanol–water partition coefficient (Wildman–Crippen LogP) is -1.41. The zero-order valence-electron chi connectivity index (χ0n) is 19.9. The van der Waals surface area contributed by atoms with Crippen molar-refractivity contribution in [3.05, 3.63) is 45.6 Å². The number of phenols is 4. The van der Waals surface area contributed by atoms with Crippen molar-refractivity contribution in [2.75, 3.05) is 13.2 Å². The molecule has 3 heterocycles. The molecule has 14 heteroatoms. The van der Waals surface area contributed by atoms with Crippen LogP contribution in [0.15, 0.2) is 33.5 Å². The van der Waals surface area contributed by atoms with E-state index in [1.54, 1.807) is 0 Å². The Morgan fingerprint density at radius 1 is 0.667 bits per heavy atom. The first kappa shape index (κ1) is 27.1. The molecule has 2 aliphatic rings. The summed E-state index contributed by atoms with van der Waals surface area (Å²) < 4.78 is 16.7. The van der Waals surface area contributed by atoms with Crippen LogP contribution in [0.5, 0.6) is 23.0 Å². The van der Waals surface area contributed by atoms with E-state index in [0.29, 0.717) is 0 Å². The van der Waals surface area contributed by atoms with E-state index in [9.17, 15) is 55.9 Å². The van der Waals surface area contributed by atoms with Gasteiger partial charge in [0.05, 0.1) is 24.3 Å². The molecular weight excluding hydrogens is 524 g/mol. The van der Waals surface area contributed by atoms with E-state index in [0.717, 1.165) is 18.2 Å². The number of rotatable bonds is 3. The second-order valence-corrected chi connectivity index (χ2v) is 9.51. The van der Waals surface area contributed by atoms with E-state index in [4.69, 9.17) is 13.9 Å². The van der Waals surface area contributed by atoms with Crippen LogP contribution in [-0.4, -0.2) is 101 Å². The molecule has 5 rings (SSSR count). The maximum absolute atomic E-state index is 13.3. The Morgan fingerprint density at radius 3 is 1.79 bits per heavy atom. The number of benzene rings is 2. The minimum Gasteiger partial charge on any atom is -0.507 e. The molecule has 14 nitrogen and oxygen atoms in total. The molecule has 1 aromatic heterocycles. The molecule has 2 fully saturated rings. The summed E-state index contributed by atoms with van der Waals surface area (Å²) in [5.74, 6) is -2.99. The highest BCUT2D eigenvalue weighted by Gasteiger charge is 2.46. The van der Waals surface area contributed by atoms with Gasteiger partial charge in [-0.15, -0.1) is 0 Å². The summed E-state index contributed by atoms with van der Waals surface area (Å²) in [6, 6.07) is 4.45. The second kappa shape index (κ2) is 9.93. The SMILES string of the molecule is O=c1cc(-c2ccc(O)c(O)c2)oc2c([C@@H]3OC[C@H](O)[C@@H](O)[C@@H]3O)c(O)c([C@@H]3OC[C@H](O)[C@@H](O)[C@H]3O)c(O)c12. The van der Waals surface area contributed by atoms with Gasteiger partial charge in [0.15, 0.2) is 22.5 Å². The Hall–Kier alpha value is -3.47. The van der Waals surface area contributed by atoms with E-state index < -0.39 is 113 Å². The molecule has 0 unspecified atom stereocenters. The average Bonchev–Trinajstić information content (AvgIpc) is 2.89. The van der Waals surface area contributed by atoms with Crippen molar-refractivity contribution in [2.24, 2.45) is 0 Å². The van der Waals surface area contributed by atoms with Crippen LogP contribution >= 0.6 is 0 Å². The molecule has 2 saturated heterocycles. The summed E-state index contributed by atoms with van der Waals surface area (Å²) in [5.41, 5.74) is -2.36. The van der Waals surface area contributed by atoms with Gasteiger partial charge in [-0.2, -0.15) is 0 Å². The fourth-order valence-electron chi connectivity index (χ4n) is 4.88. The first-order valence-electron chi connectivity index (χ1n) is 11.8. The van der Waals surface area contributed by atoms with Gasteiger partial charge in [-0.3, -0.25) is 4.79 Å². The fourth-order valence-corrected chi connectivity index (χ4v) is 4.88. The van der Waals surface area contributed by atoms with Crippen molar-refractivity contribution in [2.45, 2.75) is 48.8 Å². The van der Waals surface area contributed by atoms with Gasteiger partial charge < -0.3 is 65.0 Å². The Balaban J connectivity index is 1.80. The standard InChI is InChI=1S/C25H26O14/c26-8-2-1-7(3-9(8)27)13-4-10(28)14-19(33)15(24-21(35)17(31)11(29)5-37-24)20(34)16(23(14)39-13)25-22(36)18(32)12(30)6-38-25/h1-4,11-12,17-18,21-22,24-27,29-36H,5-6H2/t11-,12-,17+,18+,21+,22-,24-,25-/m0/s1. The normalized spacial score (nSPS) is 31.4. The molecule has 0 radical (unpaired) electrons. The number of aliphatic hydroxyl groups excluding tert-OH is 6. The molecule has 0 saturated carbocycles. The van der Waals surface area contributed by atoms with E-state index in [1.807, 2.05) is 0 Å². The molecule has 2 aromatic carbocycles. The largest absolute Gasteiger partial charge is 0.507 e. The Kier molecular flexibility index (Phi) is 6.90. The molecule has 3 aromatic rings. The van der Waals surface area contributed by atoms with Crippen molar-refractivity contribution in [1.82, 2.24) is 0 Å². The number of aliphatic hydroxyl groups is 6. The highest BCUT2D eigenvalue weighted by atomic mass is 16.5. The highest BCUT2D eigenvalue weighted by Crippen LogP contribution is 2.50. The van der Waals surface area contributed by atoms with Crippen molar-refractivity contribution >= 4 is 11.0 Å². The third kappa shape index (κ3) is 4.36. The first-order chi connectivity index (χ1) is 18.4. The first-order valence-corrected chi connectivity index (χ1v) is 11.8. The van der Waals surface area contributed by atoms with E-state index in [2.05, 4.69) is 0 Å². The van der Waals surface area contributed by atoms with Crippen LogP contribution in [0.1, 0.15) is 23.3 Å². The number of phenolic OH excluding ortho intramolecular Hbond substituents is 4. The van der Waals surface area contributed by atoms with Gasteiger partial charge in [0.1, 0.15) is 71.5 Å². The molecule has 0 amide bonds. The minimum atomic E-state index is -1.88. The maximum Gasteiger partial charge on any atom is 0.197 e. The smallest absolute Gasteiger partial charge is 0.197 e. The number of hydrogen-bond acceptors (Lipinski definition) is 14. The van der Waals surface area contributed by atoms with E-state index in [1.165, 1.54) is 6.07 Å². The fraction of sp³-hybridized carbons (Fsp3) is 0.400. The topological polar surface area (TPSA) is 251 Å². The summed E-state index contributed by atoms with van der Waals surface area (Å²) in [5, 5.41) is 103. The van der Waals surface area contributed by atoms with E-state index in [-0.39, 0.29) is 11.3 Å². The van der Waals surface area contributed by atoms with Crippen LogP contribution in [0.3, 0.4) is 0 Å². The molecular formula is C25H26O14. The van der Waals surface area contributed by atoms with Gasteiger partial charge >= 0.3 is 0 Å². The van der Waals surface area contributed by atoms with Crippen LogP contribution in [0.2, 0.25) is 0 Å². The molecule has 0 aliphatic carbocycles. The second-order valence-electron chi connectivity index (χ2n) is 9.51. The monoisotopic (exact) mass is 550 g/mol. The van der Waals surface area contributed by atoms with Crippen molar-refractivity contribution < 1.29 is 65.0 Å². The van der Waals surface area contributed by atoms with Gasteiger partial charge in [-0.25, -0.2) is 0 Å². The summed E-state index contributed by atoms with van der Waals surface area (Å²) >= 11 is 0. The van der Waals surface area contributed by atoms with Crippen LogP contribution in [0.25, 0.3) is 22.3 Å². The molecule has 10 N–H and O–H groups in total. The van der Waals surface area contributed by atoms with Crippen molar-refractivity contribution in [3.8, 4) is 34.3 Å². The van der Waals surface area contributed by atoms with Crippen LogP contribution in [0, 0.1) is 0 Å². The van der Waals surface area contributed by atoms with Gasteiger partial charge in [0, 0.05) is 11.6 Å². The highest BCUT2D eigenvalue weighted by molar-refractivity contribution is 5.92. The number of ether oxygens (including phenoxy) is 2. The lowest BCUT2D eigenvalue weighted by molar-refractivity contribution is -0.191. The third-order valence-corrected chi connectivity index (χ3v) is 7.03. The van der Waals surface area contributed by atoms with Crippen LogP contribution < -0.4 is 5.43 Å². The summed E-state index contributed by atoms with van der Waals surface area (Å²) in [6.07, 6.45) is -13.6. The average molecular weight is 550 g/mol. The summed E-state index contributed by atoms with van der Waals surface area (Å²) in [6.45, 7) is -1.02. The molecule has 0 spiro atoms. The zero-order valence-corrected chi connectivity index (χ0v) is 19.9. The molecule has 2 aliphatic heterocycles. The number of aromatic hydroxyl groups is 4.